The zero-order valence-corrected chi connectivity index (χ0v) is 19.1. The van der Waals surface area contributed by atoms with E-state index in [0.717, 1.165) is 11.4 Å². The lowest BCUT2D eigenvalue weighted by Crippen LogP contribution is -2.17. The maximum absolute atomic E-state index is 12.6. The predicted octanol–water partition coefficient (Wildman–Crippen LogP) is 4.27. The highest BCUT2D eigenvalue weighted by Gasteiger charge is 2.15. The second-order valence-electron chi connectivity index (χ2n) is 6.93. The van der Waals surface area contributed by atoms with Gasteiger partial charge in [0.05, 0.1) is 22.2 Å². The lowest BCUT2D eigenvalue weighted by Gasteiger charge is -2.09. The van der Waals surface area contributed by atoms with E-state index in [2.05, 4.69) is 20.6 Å². The maximum Gasteiger partial charge on any atom is 0.236 e. The minimum atomic E-state index is -0.163. The Kier molecular flexibility index (Phi) is 6.77. The molecule has 0 spiro atoms. The van der Waals surface area contributed by atoms with Gasteiger partial charge in [-0.15, -0.1) is 10.2 Å². The Morgan fingerprint density at radius 2 is 1.88 bits per heavy atom. The highest BCUT2D eigenvalue weighted by atomic mass is 35.5. The molecule has 0 aliphatic carbocycles. The number of rotatable bonds is 8. The highest BCUT2D eigenvalue weighted by molar-refractivity contribution is 7.99. The van der Waals surface area contributed by atoms with Gasteiger partial charge in [-0.2, -0.15) is 5.10 Å². The number of thioether (sulfide) groups is 1. The standard InChI is InChI=1S/C22H21ClN6O2S/c1-15-12-19(29(27-15)16-8-4-3-5-9-16)24-21(30)14-32-22-26-25-20(28(22)2)13-31-18-11-7-6-10-17(18)23/h3-12H,13-14H2,1-2H3,(H,24,30). The molecule has 0 fully saturated rings. The number of halogens is 1. The van der Waals surface area contributed by atoms with E-state index in [1.165, 1.54) is 11.8 Å². The summed E-state index contributed by atoms with van der Waals surface area (Å²) in [6.07, 6.45) is 0. The molecule has 1 N–H and O–H groups in total. The lowest BCUT2D eigenvalue weighted by molar-refractivity contribution is -0.113. The molecule has 0 radical (unpaired) electrons. The Bertz CT molecular complexity index is 1220. The molecule has 164 valence electrons. The van der Waals surface area contributed by atoms with Gasteiger partial charge >= 0.3 is 0 Å². The molecule has 10 heteroatoms. The van der Waals surface area contributed by atoms with E-state index < -0.39 is 0 Å². The summed E-state index contributed by atoms with van der Waals surface area (Å²) >= 11 is 7.41. The number of carbonyl (C=O) groups is 1. The molecular formula is C22H21ClN6O2S. The largest absolute Gasteiger partial charge is 0.484 e. The van der Waals surface area contributed by atoms with Crippen LogP contribution in [0.4, 0.5) is 5.82 Å². The van der Waals surface area contributed by atoms with Crippen molar-refractivity contribution in [1.82, 2.24) is 24.5 Å². The second-order valence-corrected chi connectivity index (χ2v) is 8.28. The minimum absolute atomic E-state index is 0.163. The number of nitrogens with one attached hydrogen (secondary N) is 1. The molecule has 4 aromatic rings. The van der Waals surface area contributed by atoms with Crippen molar-refractivity contribution in [1.29, 1.82) is 0 Å². The molecule has 0 atom stereocenters. The van der Waals surface area contributed by atoms with E-state index in [4.69, 9.17) is 16.3 Å². The van der Waals surface area contributed by atoms with E-state index in [-0.39, 0.29) is 18.3 Å². The normalized spacial score (nSPS) is 10.8. The summed E-state index contributed by atoms with van der Waals surface area (Å²) in [5, 5.41) is 16.9. The van der Waals surface area contributed by atoms with Crippen molar-refractivity contribution in [2.24, 2.45) is 7.05 Å². The maximum atomic E-state index is 12.6. The van der Waals surface area contributed by atoms with Gasteiger partial charge in [0.25, 0.3) is 0 Å². The molecule has 0 aliphatic rings. The summed E-state index contributed by atoms with van der Waals surface area (Å²) in [5.74, 6) is 1.84. The molecule has 0 saturated heterocycles. The SMILES string of the molecule is Cc1cc(NC(=O)CSc2nnc(COc3ccccc3Cl)n2C)n(-c2ccccc2)n1. The van der Waals surface area contributed by atoms with Crippen LogP contribution in [-0.2, 0) is 18.4 Å². The van der Waals surface area contributed by atoms with E-state index in [1.807, 2.05) is 62.5 Å². The second kappa shape index (κ2) is 9.88. The molecule has 2 heterocycles. The molecule has 2 aromatic carbocycles. The number of hydrogen-bond donors (Lipinski definition) is 1. The van der Waals surface area contributed by atoms with Crippen molar-refractivity contribution in [3.05, 3.63) is 77.2 Å². The first kappa shape index (κ1) is 21.9. The van der Waals surface area contributed by atoms with Gasteiger partial charge < -0.3 is 14.6 Å². The van der Waals surface area contributed by atoms with Gasteiger partial charge in [-0.25, -0.2) is 4.68 Å². The third-order valence-electron chi connectivity index (χ3n) is 4.55. The van der Waals surface area contributed by atoms with Gasteiger partial charge in [0.15, 0.2) is 11.0 Å². The minimum Gasteiger partial charge on any atom is -0.484 e. The van der Waals surface area contributed by atoms with Crippen LogP contribution in [0.15, 0.2) is 65.8 Å². The highest BCUT2D eigenvalue weighted by Crippen LogP contribution is 2.24. The Morgan fingerprint density at radius 1 is 1.12 bits per heavy atom. The molecule has 8 nitrogen and oxygen atoms in total. The molecule has 4 rings (SSSR count). The van der Waals surface area contributed by atoms with Crippen LogP contribution >= 0.6 is 23.4 Å². The van der Waals surface area contributed by atoms with Gasteiger partial charge in [0.1, 0.15) is 18.2 Å². The van der Waals surface area contributed by atoms with Crippen molar-refractivity contribution >= 4 is 35.1 Å². The first-order valence-electron chi connectivity index (χ1n) is 9.81. The first-order valence-corrected chi connectivity index (χ1v) is 11.2. The molecule has 0 bridgehead atoms. The number of aryl methyl sites for hydroxylation is 1. The zero-order chi connectivity index (χ0) is 22.5. The van der Waals surface area contributed by atoms with Crippen LogP contribution in [0.25, 0.3) is 5.69 Å². The van der Waals surface area contributed by atoms with E-state index >= 15 is 0 Å². The first-order chi connectivity index (χ1) is 15.5. The molecule has 32 heavy (non-hydrogen) atoms. The fraction of sp³-hybridized carbons (Fsp3) is 0.182. The zero-order valence-electron chi connectivity index (χ0n) is 17.5. The van der Waals surface area contributed by atoms with Crippen LogP contribution < -0.4 is 10.1 Å². The summed E-state index contributed by atoms with van der Waals surface area (Å²) < 4.78 is 9.24. The van der Waals surface area contributed by atoms with Crippen LogP contribution in [0.1, 0.15) is 11.5 Å². The molecule has 0 unspecified atom stereocenters. The Balaban J connectivity index is 1.36. The van der Waals surface area contributed by atoms with Crippen molar-refractivity contribution in [2.45, 2.75) is 18.7 Å². The predicted molar refractivity (Wildman–Crippen MR) is 124 cm³/mol. The Morgan fingerprint density at radius 3 is 2.66 bits per heavy atom. The van der Waals surface area contributed by atoms with Crippen LogP contribution in [0.2, 0.25) is 5.02 Å². The summed E-state index contributed by atoms with van der Waals surface area (Å²) in [6, 6.07) is 18.7. The van der Waals surface area contributed by atoms with Crippen molar-refractivity contribution in [3.63, 3.8) is 0 Å². The topological polar surface area (TPSA) is 86.9 Å². The number of para-hydroxylation sites is 2. The Hall–Kier alpha value is -3.30. The fourth-order valence-electron chi connectivity index (χ4n) is 2.96. The summed E-state index contributed by atoms with van der Waals surface area (Å²) in [7, 11) is 1.83. The number of nitrogens with zero attached hydrogens (tertiary/aromatic N) is 5. The molecule has 2 aromatic heterocycles. The van der Waals surface area contributed by atoms with Crippen molar-refractivity contribution < 1.29 is 9.53 Å². The van der Waals surface area contributed by atoms with Gasteiger partial charge in [-0.05, 0) is 31.2 Å². The van der Waals surface area contributed by atoms with Gasteiger partial charge in [-0.3, -0.25) is 4.79 Å². The van der Waals surface area contributed by atoms with E-state index in [9.17, 15) is 4.79 Å². The van der Waals surface area contributed by atoms with E-state index in [0.29, 0.717) is 27.6 Å². The summed E-state index contributed by atoms with van der Waals surface area (Å²) in [5.41, 5.74) is 1.69. The molecule has 0 aliphatic heterocycles. The monoisotopic (exact) mass is 468 g/mol. The van der Waals surface area contributed by atoms with E-state index in [1.54, 1.807) is 21.4 Å². The fourth-order valence-corrected chi connectivity index (χ4v) is 3.88. The van der Waals surface area contributed by atoms with Crippen molar-refractivity contribution in [3.8, 4) is 11.4 Å². The number of benzene rings is 2. The smallest absolute Gasteiger partial charge is 0.236 e. The van der Waals surface area contributed by atoms with Crippen molar-refractivity contribution in [2.75, 3.05) is 11.1 Å². The quantitative estimate of drug-likeness (QED) is 0.388. The average molecular weight is 469 g/mol. The molecular weight excluding hydrogens is 448 g/mol. The number of ether oxygens (including phenoxy) is 1. The van der Waals surface area contributed by atoms with Crippen LogP contribution in [0.5, 0.6) is 5.75 Å². The summed E-state index contributed by atoms with van der Waals surface area (Å²) in [6.45, 7) is 2.10. The van der Waals surface area contributed by atoms with Gasteiger partial charge in [0.2, 0.25) is 5.91 Å². The number of hydrogen-bond acceptors (Lipinski definition) is 6. The lowest BCUT2D eigenvalue weighted by atomic mass is 10.3. The van der Waals surface area contributed by atoms with Crippen LogP contribution in [-0.4, -0.2) is 36.2 Å². The molecule has 0 saturated carbocycles. The van der Waals surface area contributed by atoms with Crippen LogP contribution in [0.3, 0.4) is 0 Å². The summed E-state index contributed by atoms with van der Waals surface area (Å²) in [4.78, 5) is 12.6. The van der Waals surface area contributed by atoms with Crippen LogP contribution in [0, 0.1) is 6.92 Å². The van der Waals surface area contributed by atoms with Gasteiger partial charge in [0, 0.05) is 13.1 Å². The van der Waals surface area contributed by atoms with Gasteiger partial charge in [-0.1, -0.05) is 53.7 Å². The third kappa shape index (κ3) is 5.12. The Labute approximate surface area is 194 Å². The third-order valence-corrected chi connectivity index (χ3v) is 5.88. The average Bonchev–Trinajstić information content (AvgIpc) is 3.34. The molecule has 1 amide bonds. The number of anilines is 1. The number of carbonyl (C=O) groups excluding carboxylic acids is 1. The number of amides is 1. The number of aromatic nitrogens is 5.